The molecule has 1 aliphatic carbocycles. The van der Waals surface area contributed by atoms with Gasteiger partial charge in [-0.05, 0) is 94.4 Å². The minimum atomic E-state index is 0.226. The Bertz CT molecular complexity index is 2060. The molecule has 2 heterocycles. The summed E-state index contributed by atoms with van der Waals surface area (Å²) in [5.74, 6) is 0. The molecule has 6 aromatic rings. The van der Waals surface area contributed by atoms with Gasteiger partial charge in [0.15, 0.2) is 0 Å². The zero-order valence-electron chi connectivity index (χ0n) is 24.2. The van der Waals surface area contributed by atoms with Crippen LogP contribution in [0.15, 0.2) is 182 Å². The number of hydrogen-bond donors (Lipinski definition) is 1. The standard InChI is InChI=1S/C41H31N3/c1-2-10-36(11-3-1)44(38-25-18-33(19-26-38)40-27-20-32-8-4-6-12-39(32)42-40)37-23-16-31(17-24-37)30-14-21-35(22-15-30)43-29-28-34-9-5-7-13-41(34)43/h1-29,39,42H. The average Bonchev–Trinajstić information content (AvgIpc) is 3.54. The molecule has 0 bridgehead atoms. The van der Waals surface area contributed by atoms with E-state index in [-0.39, 0.29) is 6.04 Å². The van der Waals surface area contributed by atoms with E-state index in [1.807, 2.05) is 0 Å². The van der Waals surface area contributed by atoms with Gasteiger partial charge in [-0.15, -0.1) is 0 Å². The predicted octanol–water partition coefficient (Wildman–Crippen LogP) is 10.1. The summed E-state index contributed by atoms with van der Waals surface area (Å²) in [6.07, 6.45) is 15.1. The smallest absolute Gasteiger partial charge is 0.0701 e. The SMILES string of the molecule is C1=CC2=CC=C(c3ccc(N(c4ccccc4)c4ccc(-c5ccc(-n6ccc7ccccc76)cc5)cc4)cc3)NC2C=C1. The summed E-state index contributed by atoms with van der Waals surface area (Å²) in [5, 5.41) is 4.91. The quantitative estimate of drug-likeness (QED) is 0.217. The first-order chi connectivity index (χ1) is 21.8. The van der Waals surface area contributed by atoms with Gasteiger partial charge in [0.2, 0.25) is 0 Å². The van der Waals surface area contributed by atoms with E-state index in [0.29, 0.717) is 0 Å². The Hall–Kier alpha value is -5.80. The maximum absolute atomic E-state index is 3.66. The molecule has 1 aromatic heterocycles. The summed E-state index contributed by atoms with van der Waals surface area (Å²) < 4.78 is 2.24. The van der Waals surface area contributed by atoms with Crippen LogP contribution in [-0.2, 0) is 0 Å². The Morgan fingerprint density at radius 1 is 0.545 bits per heavy atom. The third-order valence-electron chi connectivity index (χ3n) is 8.47. The van der Waals surface area contributed by atoms with E-state index in [2.05, 4.69) is 191 Å². The number of anilines is 3. The van der Waals surface area contributed by atoms with Crippen LogP contribution in [-0.4, -0.2) is 10.6 Å². The number of aromatic nitrogens is 1. The van der Waals surface area contributed by atoms with Crippen LogP contribution >= 0.6 is 0 Å². The van der Waals surface area contributed by atoms with Crippen LogP contribution in [0.2, 0.25) is 0 Å². The lowest BCUT2D eigenvalue weighted by Crippen LogP contribution is -2.30. The number of para-hydroxylation sites is 2. The Morgan fingerprint density at radius 3 is 1.93 bits per heavy atom. The molecule has 8 rings (SSSR count). The maximum Gasteiger partial charge on any atom is 0.0701 e. The van der Waals surface area contributed by atoms with Crippen LogP contribution < -0.4 is 10.2 Å². The van der Waals surface area contributed by atoms with E-state index in [9.17, 15) is 0 Å². The van der Waals surface area contributed by atoms with E-state index in [0.717, 1.165) is 28.4 Å². The molecule has 1 N–H and O–H groups in total. The Balaban J connectivity index is 1.07. The number of nitrogens with zero attached hydrogens (tertiary/aromatic N) is 2. The predicted molar refractivity (Wildman–Crippen MR) is 185 cm³/mol. The maximum atomic E-state index is 3.66. The van der Waals surface area contributed by atoms with Crippen molar-refractivity contribution in [2.24, 2.45) is 0 Å². The minimum Gasteiger partial charge on any atom is -0.374 e. The highest BCUT2D eigenvalue weighted by Gasteiger charge is 2.18. The van der Waals surface area contributed by atoms with Crippen molar-refractivity contribution in [1.82, 2.24) is 9.88 Å². The fraction of sp³-hybridized carbons (Fsp3) is 0.0244. The van der Waals surface area contributed by atoms with Crippen molar-refractivity contribution in [3.63, 3.8) is 0 Å². The lowest BCUT2D eigenvalue weighted by molar-refractivity contribution is 0.813. The summed E-state index contributed by atoms with van der Waals surface area (Å²) in [6.45, 7) is 0. The van der Waals surface area contributed by atoms with E-state index in [4.69, 9.17) is 0 Å². The molecule has 0 amide bonds. The van der Waals surface area contributed by atoms with Gasteiger partial charge in [0, 0.05) is 34.6 Å². The molecule has 1 aliphatic heterocycles. The van der Waals surface area contributed by atoms with E-state index in [1.165, 1.54) is 33.2 Å². The lowest BCUT2D eigenvalue weighted by Gasteiger charge is -2.27. The molecule has 210 valence electrons. The van der Waals surface area contributed by atoms with Crippen molar-refractivity contribution in [3.05, 3.63) is 187 Å². The Morgan fingerprint density at radius 2 is 1.18 bits per heavy atom. The van der Waals surface area contributed by atoms with Crippen LogP contribution in [0.1, 0.15) is 5.56 Å². The second-order valence-corrected chi connectivity index (χ2v) is 11.2. The number of allylic oxidation sites excluding steroid dienone is 4. The summed E-state index contributed by atoms with van der Waals surface area (Å²) in [6, 6.07) is 47.9. The van der Waals surface area contributed by atoms with Gasteiger partial charge in [-0.2, -0.15) is 0 Å². The largest absolute Gasteiger partial charge is 0.374 e. The molecule has 1 unspecified atom stereocenters. The fourth-order valence-electron chi connectivity index (χ4n) is 6.16. The van der Waals surface area contributed by atoms with Crippen molar-refractivity contribution in [3.8, 4) is 16.8 Å². The number of fused-ring (bicyclic) bond motifs is 2. The van der Waals surface area contributed by atoms with Gasteiger partial charge in [0.25, 0.3) is 0 Å². The third-order valence-corrected chi connectivity index (χ3v) is 8.47. The zero-order valence-corrected chi connectivity index (χ0v) is 24.2. The Labute approximate surface area is 258 Å². The van der Waals surface area contributed by atoms with Crippen LogP contribution in [0.5, 0.6) is 0 Å². The number of dihydropyridines is 1. The van der Waals surface area contributed by atoms with E-state index in [1.54, 1.807) is 0 Å². The topological polar surface area (TPSA) is 20.2 Å². The van der Waals surface area contributed by atoms with Gasteiger partial charge < -0.3 is 14.8 Å². The van der Waals surface area contributed by atoms with Crippen molar-refractivity contribution < 1.29 is 0 Å². The fourth-order valence-corrected chi connectivity index (χ4v) is 6.16. The molecule has 0 saturated heterocycles. The number of rotatable bonds is 6. The second-order valence-electron chi connectivity index (χ2n) is 11.2. The van der Waals surface area contributed by atoms with Gasteiger partial charge in [-0.25, -0.2) is 0 Å². The number of nitrogens with one attached hydrogen (secondary N) is 1. The van der Waals surface area contributed by atoms with Crippen LogP contribution in [0.3, 0.4) is 0 Å². The molecular weight excluding hydrogens is 534 g/mol. The van der Waals surface area contributed by atoms with Crippen molar-refractivity contribution >= 4 is 33.7 Å². The summed E-state index contributed by atoms with van der Waals surface area (Å²) in [4.78, 5) is 2.31. The Kier molecular flexibility index (Phi) is 6.54. The van der Waals surface area contributed by atoms with Gasteiger partial charge in [0.1, 0.15) is 0 Å². The summed E-state index contributed by atoms with van der Waals surface area (Å²) in [7, 11) is 0. The molecule has 0 fully saturated rings. The zero-order chi connectivity index (χ0) is 29.3. The molecule has 2 aliphatic rings. The summed E-state index contributed by atoms with van der Waals surface area (Å²) in [5.41, 5.74) is 11.7. The van der Waals surface area contributed by atoms with E-state index < -0.39 is 0 Å². The van der Waals surface area contributed by atoms with Gasteiger partial charge >= 0.3 is 0 Å². The van der Waals surface area contributed by atoms with E-state index >= 15 is 0 Å². The summed E-state index contributed by atoms with van der Waals surface area (Å²) >= 11 is 0. The van der Waals surface area contributed by atoms with Crippen LogP contribution in [0.4, 0.5) is 17.1 Å². The first kappa shape index (κ1) is 25.9. The minimum absolute atomic E-state index is 0.226. The number of hydrogen-bond acceptors (Lipinski definition) is 2. The first-order valence-electron chi connectivity index (χ1n) is 15.1. The van der Waals surface area contributed by atoms with Crippen LogP contribution in [0, 0.1) is 0 Å². The highest BCUT2D eigenvalue weighted by molar-refractivity contribution is 5.83. The highest BCUT2D eigenvalue weighted by Crippen LogP contribution is 2.36. The lowest BCUT2D eigenvalue weighted by atomic mass is 9.96. The molecule has 1 atom stereocenters. The van der Waals surface area contributed by atoms with Gasteiger partial charge in [-0.3, -0.25) is 0 Å². The molecule has 3 nitrogen and oxygen atoms in total. The second kappa shape index (κ2) is 11.1. The normalized spacial score (nSPS) is 15.3. The molecule has 0 spiro atoms. The number of benzene rings is 5. The van der Waals surface area contributed by atoms with Crippen molar-refractivity contribution in [2.75, 3.05) is 4.90 Å². The molecule has 0 radical (unpaired) electrons. The molecule has 44 heavy (non-hydrogen) atoms. The molecule has 0 saturated carbocycles. The van der Waals surface area contributed by atoms with Gasteiger partial charge in [-0.1, -0.05) is 103 Å². The van der Waals surface area contributed by atoms with Crippen molar-refractivity contribution in [2.45, 2.75) is 6.04 Å². The van der Waals surface area contributed by atoms with Crippen molar-refractivity contribution in [1.29, 1.82) is 0 Å². The van der Waals surface area contributed by atoms with Gasteiger partial charge in [0.05, 0.1) is 11.6 Å². The highest BCUT2D eigenvalue weighted by atomic mass is 15.1. The average molecular weight is 566 g/mol. The van der Waals surface area contributed by atoms with Crippen LogP contribution in [0.25, 0.3) is 33.4 Å². The monoisotopic (exact) mass is 565 g/mol. The molecular formula is C41H31N3. The molecule has 5 aromatic carbocycles. The third kappa shape index (κ3) is 4.85. The first-order valence-corrected chi connectivity index (χ1v) is 15.1. The molecule has 3 heteroatoms.